The molecular formula is C12H13FO4S. The molecule has 1 heterocycles. The van der Waals surface area contributed by atoms with Gasteiger partial charge in [0.25, 0.3) is 0 Å². The van der Waals surface area contributed by atoms with Crippen LogP contribution in [0.15, 0.2) is 25.0 Å². The first-order chi connectivity index (χ1) is 8.40. The molecule has 1 rings (SSSR count). The van der Waals surface area contributed by atoms with Crippen molar-refractivity contribution in [2.75, 3.05) is 7.11 Å². The fraction of sp³-hybridized carbons (Fsp3) is 0.250. The average molecular weight is 272 g/mol. The minimum atomic E-state index is -1.78. The summed E-state index contributed by atoms with van der Waals surface area (Å²) in [5, 5.41) is 9.86. The van der Waals surface area contributed by atoms with Gasteiger partial charge in [-0.05, 0) is 12.1 Å². The molecule has 1 aromatic heterocycles. The van der Waals surface area contributed by atoms with Gasteiger partial charge in [0, 0.05) is 17.9 Å². The maximum atomic E-state index is 13.6. The third kappa shape index (κ3) is 3.41. The van der Waals surface area contributed by atoms with Crippen LogP contribution in [-0.4, -0.2) is 18.2 Å². The third-order valence-electron chi connectivity index (χ3n) is 2.02. The molecule has 18 heavy (non-hydrogen) atoms. The summed E-state index contributed by atoms with van der Waals surface area (Å²) in [7, 11) is 1.25. The molecule has 0 spiro atoms. The van der Waals surface area contributed by atoms with E-state index in [1.807, 2.05) is 0 Å². The van der Waals surface area contributed by atoms with Gasteiger partial charge in [0.05, 0.1) is 13.4 Å². The van der Waals surface area contributed by atoms with Crippen molar-refractivity contribution in [3.63, 3.8) is 0 Å². The molecule has 1 unspecified atom stereocenters. The van der Waals surface area contributed by atoms with Crippen LogP contribution in [0, 0.1) is 5.82 Å². The number of thiophene rings is 1. The molecule has 0 fully saturated rings. The Bertz CT molecular complexity index is 476. The monoisotopic (exact) mass is 272 g/mol. The Balaban J connectivity index is 2.98. The molecule has 1 N–H and O–H groups in total. The molecule has 0 bridgehead atoms. The van der Waals surface area contributed by atoms with Crippen molar-refractivity contribution in [3.8, 4) is 0 Å². The molecule has 0 aliphatic carbocycles. The van der Waals surface area contributed by atoms with Gasteiger partial charge in [0.15, 0.2) is 0 Å². The summed E-state index contributed by atoms with van der Waals surface area (Å²) in [6.45, 7) is 4.61. The quantitative estimate of drug-likeness (QED) is 0.387. The first kappa shape index (κ1) is 14.4. The minimum Gasteiger partial charge on any atom is -0.466 e. The van der Waals surface area contributed by atoms with E-state index in [-0.39, 0.29) is 4.88 Å². The van der Waals surface area contributed by atoms with Gasteiger partial charge in [0.1, 0.15) is 10.7 Å². The van der Waals surface area contributed by atoms with Gasteiger partial charge in [-0.1, -0.05) is 6.58 Å². The number of rotatable bonds is 5. The number of hydrogen-bond acceptors (Lipinski definition) is 5. The van der Waals surface area contributed by atoms with Crippen molar-refractivity contribution in [2.45, 2.75) is 12.7 Å². The van der Waals surface area contributed by atoms with E-state index in [0.29, 0.717) is 4.88 Å². The van der Waals surface area contributed by atoms with Crippen molar-refractivity contribution in [1.82, 2.24) is 0 Å². The summed E-state index contributed by atoms with van der Waals surface area (Å²) in [4.78, 5) is 11.4. The Morgan fingerprint density at radius 2 is 2.33 bits per heavy atom. The number of hydrogen-bond donors (Lipinski definition) is 1. The fourth-order valence-electron chi connectivity index (χ4n) is 1.22. The largest absolute Gasteiger partial charge is 0.466 e. The summed E-state index contributed by atoms with van der Waals surface area (Å²) >= 11 is 0.967. The highest BCUT2D eigenvalue weighted by Gasteiger charge is 2.30. The highest BCUT2D eigenvalue weighted by molar-refractivity contribution is 7.13. The molecule has 1 atom stereocenters. The number of ether oxygens (including phenoxy) is 2. The van der Waals surface area contributed by atoms with Gasteiger partial charge in [-0.25, -0.2) is 9.18 Å². The van der Waals surface area contributed by atoms with Gasteiger partial charge in [-0.15, -0.1) is 11.3 Å². The molecule has 98 valence electrons. The van der Waals surface area contributed by atoms with E-state index in [9.17, 15) is 14.3 Å². The first-order valence-corrected chi connectivity index (χ1v) is 5.79. The molecule has 0 aromatic carbocycles. The van der Waals surface area contributed by atoms with E-state index in [4.69, 9.17) is 4.74 Å². The number of aliphatic hydroxyl groups is 1. The van der Waals surface area contributed by atoms with E-state index in [0.717, 1.165) is 23.7 Å². The van der Waals surface area contributed by atoms with Crippen molar-refractivity contribution in [2.24, 2.45) is 0 Å². The standard InChI is InChI=1S/C12H13FO4S/c1-4-17-12(2,15)11-9(13)7-8(18-11)5-6-10(14)16-3/h4-7,15H,1H2,2-3H3. The Labute approximate surface area is 108 Å². The second-order valence-corrected chi connectivity index (χ2v) is 4.53. The highest BCUT2D eigenvalue weighted by atomic mass is 32.1. The van der Waals surface area contributed by atoms with Crippen molar-refractivity contribution < 1.29 is 23.8 Å². The van der Waals surface area contributed by atoms with Gasteiger partial charge in [0.2, 0.25) is 5.79 Å². The molecule has 0 saturated heterocycles. The van der Waals surface area contributed by atoms with Crippen LogP contribution in [0.25, 0.3) is 6.08 Å². The minimum absolute atomic E-state index is 0.00640. The maximum absolute atomic E-state index is 13.6. The van der Waals surface area contributed by atoms with E-state index in [1.54, 1.807) is 0 Å². The molecule has 0 amide bonds. The van der Waals surface area contributed by atoms with Crippen LogP contribution in [0.3, 0.4) is 0 Å². The molecule has 1 aromatic rings. The van der Waals surface area contributed by atoms with Crippen LogP contribution in [0.2, 0.25) is 0 Å². The number of halogens is 1. The smallest absolute Gasteiger partial charge is 0.330 e. The normalized spacial score (nSPS) is 14.2. The summed E-state index contributed by atoms with van der Waals surface area (Å²) in [6, 6.07) is 1.19. The molecule has 0 aliphatic heterocycles. The zero-order valence-corrected chi connectivity index (χ0v) is 10.8. The lowest BCUT2D eigenvalue weighted by Gasteiger charge is -2.20. The van der Waals surface area contributed by atoms with Crippen molar-refractivity contribution in [1.29, 1.82) is 0 Å². The van der Waals surface area contributed by atoms with Crippen molar-refractivity contribution >= 4 is 23.4 Å². The first-order valence-electron chi connectivity index (χ1n) is 4.97. The van der Waals surface area contributed by atoms with E-state index < -0.39 is 17.6 Å². The lowest BCUT2D eigenvalue weighted by atomic mass is 10.2. The van der Waals surface area contributed by atoms with Crippen LogP contribution in [-0.2, 0) is 20.1 Å². The molecule has 0 saturated carbocycles. The topological polar surface area (TPSA) is 55.8 Å². The molecular weight excluding hydrogens is 259 g/mol. The maximum Gasteiger partial charge on any atom is 0.330 e. The van der Waals surface area contributed by atoms with Crippen LogP contribution < -0.4 is 0 Å². The van der Waals surface area contributed by atoms with Crippen LogP contribution in [0.1, 0.15) is 16.7 Å². The average Bonchev–Trinajstić information content (AvgIpc) is 2.68. The SMILES string of the molecule is C=COC(C)(O)c1sc(C=CC(=O)OC)cc1F. The van der Waals surface area contributed by atoms with Crippen LogP contribution >= 0.6 is 11.3 Å². The lowest BCUT2D eigenvalue weighted by molar-refractivity contribution is -0.158. The molecule has 6 heteroatoms. The van der Waals surface area contributed by atoms with E-state index in [1.165, 1.54) is 26.2 Å². The van der Waals surface area contributed by atoms with Gasteiger partial charge in [-0.3, -0.25) is 0 Å². The predicted octanol–water partition coefficient (Wildman–Crippen LogP) is 2.40. The Hall–Kier alpha value is -1.66. The Morgan fingerprint density at radius 1 is 1.67 bits per heavy atom. The zero-order valence-electron chi connectivity index (χ0n) is 9.97. The Morgan fingerprint density at radius 3 is 2.89 bits per heavy atom. The number of esters is 1. The van der Waals surface area contributed by atoms with Gasteiger partial charge >= 0.3 is 5.97 Å². The van der Waals surface area contributed by atoms with E-state index >= 15 is 0 Å². The summed E-state index contributed by atoms with van der Waals surface area (Å²) in [6.07, 6.45) is 3.59. The Kier molecular flexibility index (Phi) is 4.63. The summed E-state index contributed by atoms with van der Waals surface area (Å²) in [5.74, 6) is -2.94. The lowest BCUT2D eigenvalue weighted by Crippen LogP contribution is -2.22. The zero-order chi connectivity index (χ0) is 13.8. The molecule has 4 nitrogen and oxygen atoms in total. The molecule has 0 aliphatic rings. The van der Waals surface area contributed by atoms with Crippen LogP contribution in [0.5, 0.6) is 0 Å². The second-order valence-electron chi connectivity index (χ2n) is 3.45. The molecule has 0 radical (unpaired) electrons. The third-order valence-corrected chi connectivity index (χ3v) is 3.29. The van der Waals surface area contributed by atoms with Crippen molar-refractivity contribution in [3.05, 3.63) is 40.6 Å². The number of methoxy groups -OCH3 is 1. The van der Waals surface area contributed by atoms with Crippen LogP contribution in [0.4, 0.5) is 4.39 Å². The fourth-order valence-corrected chi connectivity index (χ4v) is 2.15. The second kappa shape index (κ2) is 5.79. The van der Waals surface area contributed by atoms with Gasteiger partial charge < -0.3 is 14.6 Å². The predicted molar refractivity (Wildman–Crippen MR) is 66.2 cm³/mol. The van der Waals surface area contributed by atoms with E-state index in [2.05, 4.69) is 11.3 Å². The highest BCUT2D eigenvalue weighted by Crippen LogP contribution is 2.33. The summed E-state index contributed by atoms with van der Waals surface area (Å²) < 4.78 is 22.9. The number of carbonyl (C=O) groups excluding carboxylic acids is 1. The van der Waals surface area contributed by atoms with Gasteiger partial charge in [-0.2, -0.15) is 0 Å². The summed E-state index contributed by atoms with van der Waals surface area (Å²) in [5.41, 5.74) is 0. The number of carbonyl (C=O) groups is 1.